The Bertz CT molecular complexity index is 1110. The number of hydrogen-bond acceptors (Lipinski definition) is 5. The van der Waals surface area contributed by atoms with Crippen molar-refractivity contribution in [2.24, 2.45) is 0 Å². The van der Waals surface area contributed by atoms with Crippen molar-refractivity contribution in [2.45, 2.75) is 13.5 Å². The van der Waals surface area contributed by atoms with E-state index in [0.29, 0.717) is 17.5 Å². The maximum absolute atomic E-state index is 13.6. The van der Waals surface area contributed by atoms with E-state index in [1.165, 1.54) is 34.4 Å². The van der Waals surface area contributed by atoms with Crippen molar-refractivity contribution >= 4 is 32.6 Å². The topological polar surface area (TPSA) is 55.6 Å². The molecule has 5 nitrogen and oxygen atoms in total. The van der Waals surface area contributed by atoms with Gasteiger partial charge in [0.2, 0.25) is 0 Å². The first kappa shape index (κ1) is 18.2. The molecule has 142 valence electrons. The largest absolute Gasteiger partial charge is 0.494 e. The SMILES string of the molecule is CCOc1ccc2nc(N(Cc3ccco3)C(=O)c3cccc(F)c3)sc2c1. The van der Waals surface area contributed by atoms with Gasteiger partial charge in [-0.3, -0.25) is 9.69 Å². The molecule has 0 saturated carbocycles. The number of halogens is 1. The van der Waals surface area contributed by atoms with Crippen LogP contribution >= 0.6 is 11.3 Å². The number of amides is 1. The van der Waals surface area contributed by atoms with E-state index in [4.69, 9.17) is 9.15 Å². The molecule has 28 heavy (non-hydrogen) atoms. The number of furan rings is 1. The Morgan fingerprint density at radius 2 is 2.11 bits per heavy atom. The van der Waals surface area contributed by atoms with Gasteiger partial charge in [-0.2, -0.15) is 0 Å². The first-order valence-corrected chi connectivity index (χ1v) is 9.59. The normalized spacial score (nSPS) is 10.9. The minimum absolute atomic E-state index is 0.195. The lowest BCUT2D eigenvalue weighted by Gasteiger charge is -2.18. The van der Waals surface area contributed by atoms with Gasteiger partial charge >= 0.3 is 0 Å². The number of hydrogen-bond donors (Lipinski definition) is 0. The number of rotatable bonds is 6. The summed E-state index contributed by atoms with van der Waals surface area (Å²) >= 11 is 1.37. The third kappa shape index (κ3) is 3.75. The molecule has 2 heterocycles. The summed E-state index contributed by atoms with van der Waals surface area (Å²) in [4.78, 5) is 19.2. The number of aromatic nitrogens is 1. The Morgan fingerprint density at radius 1 is 1.21 bits per heavy atom. The standard InChI is InChI=1S/C21H17FN2O3S/c1-2-26-16-8-9-18-19(12-16)28-21(23-18)24(13-17-7-4-10-27-17)20(25)14-5-3-6-15(22)11-14/h3-12H,2,13H2,1H3. The van der Waals surface area contributed by atoms with E-state index in [1.54, 1.807) is 24.5 Å². The zero-order valence-electron chi connectivity index (χ0n) is 15.1. The number of thiazole rings is 1. The molecule has 0 N–H and O–H groups in total. The van der Waals surface area contributed by atoms with Crippen LogP contribution in [0, 0.1) is 5.82 Å². The molecule has 7 heteroatoms. The summed E-state index contributed by atoms with van der Waals surface area (Å²) in [5, 5.41) is 0.509. The van der Waals surface area contributed by atoms with E-state index in [1.807, 2.05) is 25.1 Å². The Kier molecular flexibility index (Phi) is 5.08. The number of fused-ring (bicyclic) bond motifs is 1. The number of anilines is 1. The lowest BCUT2D eigenvalue weighted by Crippen LogP contribution is -2.30. The monoisotopic (exact) mass is 396 g/mol. The molecule has 0 saturated heterocycles. The fourth-order valence-electron chi connectivity index (χ4n) is 2.83. The molecule has 0 aliphatic heterocycles. The van der Waals surface area contributed by atoms with Crippen molar-refractivity contribution in [2.75, 3.05) is 11.5 Å². The Morgan fingerprint density at radius 3 is 2.86 bits per heavy atom. The van der Waals surface area contributed by atoms with Crippen molar-refractivity contribution in [3.63, 3.8) is 0 Å². The fourth-order valence-corrected chi connectivity index (χ4v) is 3.82. The Labute approximate surface area is 165 Å². The molecule has 0 spiro atoms. The molecule has 4 rings (SSSR count). The van der Waals surface area contributed by atoms with Crippen molar-refractivity contribution in [3.8, 4) is 5.75 Å². The fraction of sp³-hybridized carbons (Fsp3) is 0.143. The highest BCUT2D eigenvalue weighted by atomic mass is 32.1. The van der Waals surface area contributed by atoms with Crippen LogP contribution in [-0.4, -0.2) is 17.5 Å². The van der Waals surface area contributed by atoms with Gasteiger partial charge in [-0.25, -0.2) is 9.37 Å². The van der Waals surface area contributed by atoms with Crippen LogP contribution in [0.15, 0.2) is 65.3 Å². The third-order valence-electron chi connectivity index (χ3n) is 4.10. The molecule has 0 fully saturated rings. The number of nitrogens with zero attached hydrogens (tertiary/aromatic N) is 2. The van der Waals surface area contributed by atoms with Gasteiger partial charge in [-0.15, -0.1) is 0 Å². The molecule has 0 atom stereocenters. The zero-order chi connectivity index (χ0) is 19.5. The van der Waals surface area contributed by atoms with Gasteiger partial charge in [0.05, 0.1) is 29.6 Å². The van der Waals surface area contributed by atoms with Gasteiger partial charge in [0.1, 0.15) is 17.3 Å². The van der Waals surface area contributed by atoms with Crippen molar-refractivity contribution in [1.29, 1.82) is 0 Å². The van der Waals surface area contributed by atoms with Crippen molar-refractivity contribution in [1.82, 2.24) is 4.98 Å². The second kappa shape index (κ2) is 7.82. The summed E-state index contributed by atoms with van der Waals surface area (Å²) in [7, 11) is 0. The Balaban J connectivity index is 1.74. The average Bonchev–Trinajstić information content (AvgIpc) is 3.35. The van der Waals surface area contributed by atoms with Crippen LogP contribution in [0.2, 0.25) is 0 Å². The van der Waals surface area contributed by atoms with Gasteiger partial charge in [0.15, 0.2) is 5.13 Å². The highest BCUT2D eigenvalue weighted by molar-refractivity contribution is 7.22. The van der Waals surface area contributed by atoms with Gasteiger partial charge in [0, 0.05) is 5.56 Å². The van der Waals surface area contributed by atoms with Crippen molar-refractivity contribution < 1.29 is 18.3 Å². The molecular formula is C21H17FN2O3S. The van der Waals surface area contributed by atoms with E-state index in [0.717, 1.165) is 16.0 Å². The number of carbonyl (C=O) groups is 1. The lowest BCUT2D eigenvalue weighted by atomic mass is 10.2. The summed E-state index contributed by atoms with van der Waals surface area (Å²) < 4.78 is 25.5. The summed E-state index contributed by atoms with van der Waals surface area (Å²) in [6.07, 6.45) is 1.55. The smallest absolute Gasteiger partial charge is 0.260 e. The first-order chi connectivity index (χ1) is 13.6. The van der Waals surface area contributed by atoms with Crippen LogP contribution in [0.1, 0.15) is 23.0 Å². The van der Waals surface area contributed by atoms with Gasteiger partial charge in [0.25, 0.3) is 5.91 Å². The highest BCUT2D eigenvalue weighted by Gasteiger charge is 2.23. The average molecular weight is 396 g/mol. The van der Waals surface area contributed by atoms with Crippen LogP contribution < -0.4 is 9.64 Å². The van der Waals surface area contributed by atoms with Crippen LogP contribution in [0.25, 0.3) is 10.2 Å². The number of ether oxygens (including phenoxy) is 1. The molecule has 1 amide bonds. The summed E-state index contributed by atoms with van der Waals surface area (Å²) in [6, 6.07) is 14.8. The first-order valence-electron chi connectivity index (χ1n) is 8.77. The maximum Gasteiger partial charge on any atom is 0.260 e. The van der Waals surface area contributed by atoms with E-state index >= 15 is 0 Å². The number of benzene rings is 2. The summed E-state index contributed by atoms with van der Waals surface area (Å²) in [6.45, 7) is 2.69. The zero-order valence-corrected chi connectivity index (χ0v) is 15.9. The third-order valence-corrected chi connectivity index (χ3v) is 5.14. The van der Waals surface area contributed by atoms with E-state index in [-0.39, 0.29) is 18.0 Å². The lowest BCUT2D eigenvalue weighted by molar-refractivity contribution is 0.0983. The second-order valence-corrected chi connectivity index (χ2v) is 7.05. The molecule has 0 unspecified atom stereocenters. The molecule has 2 aromatic heterocycles. The molecule has 4 aromatic rings. The van der Waals surface area contributed by atoms with E-state index in [9.17, 15) is 9.18 Å². The molecule has 0 aliphatic carbocycles. The Hall–Kier alpha value is -3.19. The molecule has 0 aliphatic rings. The molecule has 0 bridgehead atoms. The van der Waals surface area contributed by atoms with Gasteiger partial charge in [-0.1, -0.05) is 17.4 Å². The van der Waals surface area contributed by atoms with Crippen LogP contribution in [-0.2, 0) is 6.54 Å². The molecule has 0 radical (unpaired) electrons. The number of carbonyl (C=O) groups excluding carboxylic acids is 1. The van der Waals surface area contributed by atoms with Crippen LogP contribution in [0.3, 0.4) is 0 Å². The molecule has 2 aromatic carbocycles. The van der Waals surface area contributed by atoms with Gasteiger partial charge < -0.3 is 9.15 Å². The predicted octanol–water partition coefficient (Wildman–Crippen LogP) is 5.27. The quantitative estimate of drug-likeness (QED) is 0.445. The summed E-state index contributed by atoms with van der Waals surface area (Å²) in [5.41, 5.74) is 1.01. The summed E-state index contributed by atoms with van der Waals surface area (Å²) in [5.74, 6) is 0.549. The highest BCUT2D eigenvalue weighted by Crippen LogP contribution is 2.33. The van der Waals surface area contributed by atoms with Crippen LogP contribution in [0.4, 0.5) is 9.52 Å². The second-order valence-electron chi connectivity index (χ2n) is 6.04. The minimum Gasteiger partial charge on any atom is -0.494 e. The predicted molar refractivity (Wildman–Crippen MR) is 106 cm³/mol. The van der Waals surface area contributed by atoms with E-state index < -0.39 is 5.82 Å². The van der Waals surface area contributed by atoms with E-state index in [2.05, 4.69) is 4.98 Å². The molecular weight excluding hydrogens is 379 g/mol. The minimum atomic E-state index is -0.463. The van der Waals surface area contributed by atoms with Crippen molar-refractivity contribution in [3.05, 3.63) is 78.0 Å². The maximum atomic E-state index is 13.6. The van der Waals surface area contributed by atoms with Crippen LogP contribution in [0.5, 0.6) is 5.75 Å². The van der Waals surface area contributed by atoms with Gasteiger partial charge in [-0.05, 0) is 55.5 Å².